The Labute approximate surface area is 132 Å². The van der Waals surface area contributed by atoms with Gasteiger partial charge in [-0.3, -0.25) is 4.79 Å². The van der Waals surface area contributed by atoms with E-state index in [4.69, 9.17) is 14.2 Å². The minimum Gasteiger partial charge on any atom is -0.466 e. The molecule has 0 bridgehead atoms. The highest BCUT2D eigenvalue weighted by atomic mass is 16.6. The van der Waals surface area contributed by atoms with Crippen LogP contribution in [0.1, 0.15) is 40.5 Å². The van der Waals surface area contributed by atoms with Gasteiger partial charge in [0.25, 0.3) is 0 Å². The molecule has 0 aromatic heterocycles. The molecule has 2 saturated heterocycles. The van der Waals surface area contributed by atoms with Crippen LogP contribution in [0, 0.1) is 11.8 Å². The molecule has 6 nitrogen and oxygen atoms in total. The number of hydrogen-bond donors (Lipinski definition) is 0. The first-order valence-electron chi connectivity index (χ1n) is 8.08. The number of likely N-dealkylation sites (tertiary alicyclic amines) is 1. The monoisotopic (exact) mass is 313 g/mol. The SMILES string of the molecule is CCOC(=O)C1CN(C(=O)OC(C)(C)C)CC2CCCOC21. The van der Waals surface area contributed by atoms with Gasteiger partial charge in [0.2, 0.25) is 0 Å². The summed E-state index contributed by atoms with van der Waals surface area (Å²) in [7, 11) is 0. The van der Waals surface area contributed by atoms with E-state index in [9.17, 15) is 9.59 Å². The minimum absolute atomic E-state index is 0.147. The van der Waals surface area contributed by atoms with E-state index in [1.165, 1.54) is 0 Å². The van der Waals surface area contributed by atoms with E-state index in [0.29, 0.717) is 26.3 Å². The van der Waals surface area contributed by atoms with Crippen LogP contribution in [0.4, 0.5) is 4.79 Å². The Bertz CT molecular complexity index is 417. The first kappa shape index (κ1) is 17.1. The van der Waals surface area contributed by atoms with E-state index < -0.39 is 11.5 Å². The average Bonchev–Trinajstić information content (AvgIpc) is 2.44. The van der Waals surface area contributed by atoms with Crippen molar-refractivity contribution in [3.05, 3.63) is 0 Å². The number of carbonyl (C=O) groups is 2. The molecule has 3 atom stereocenters. The number of nitrogens with zero attached hydrogens (tertiary/aromatic N) is 1. The third kappa shape index (κ3) is 4.12. The molecule has 0 aromatic rings. The number of rotatable bonds is 2. The number of carbonyl (C=O) groups excluding carboxylic acids is 2. The van der Waals surface area contributed by atoms with Crippen molar-refractivity contribution in [2.24, 2.45) is 11.8 Å². The first-order chi connectivity index (χ1) is 10.3. The van der Waals surface area contributed by atoms with Crippen LogP contribution in [0.15, 0.2) is 0 Å². The van der Waals surface area contributed by atoms with E-state index in [1.54, 1.807) is 11.8 Å². The molecule has 2 rings (SSSR count). The summed E-state index contributed by atoms with van der Waals surface area (Å²) in [5.74, 6) is -0.538. The van der Waals surface area contributed by atoms with Gasteiger partial charge in [0.05, 0.1) is 12.7 Å². The number of esters is 1. The van der Waals surface area contributed by atoms with Crippen LogP contribution in [0.3, 0.4) is 0 Å². The number of hydrogen-bond acceptors (Lipinski definition) is 5. The van der Waals surface area contributed by atoms with Crippen LogP contribution in [0.2, 0.25) is 0 Å². The topological polar surface area (TPSA) is 65.1 Å². The fourth-order valence-electron chi connectivity index (χ4n) is 3.14. The van der Waals surface area contributed by atoms with Crippen molar-refractivity contribution >= 4 is 12.1 Å². The Morgan fingerprint density at radius 2 is 2.00 bits per heavy atom. The summed E-state index contributed by atoms with van der Waals surface area (Å²) in [6, 6.07) is 0. The van der Waals surface area contributed by atoms with Crippen LogP contribution in [-0.2, 0) is 19.0 Å². The highest BCUT2D eigenvalue weighted by Crippen LogP contribution is 2.33. The molecule has 0 saturated carbocycles. The minimum atomic E-state index is -0.545. The van der Waals surface area contributed by atoms with Crippen molar-refractivity contribution in [1.29, 1.82) is 0 Å². The smallest absolute Gasteiger partial charge is 0.410 e. The van der Waals surface area contributed by atoms with Crippen LogP contribution in [0.5, 0.6) is 0 Å². The van der Waals surface area contributed by atoms with Gasteiger partial charge in [0.15, 0.2) is 0 Å². The molecule has 126 valence electrons. The normalized spacial score (nSPS) is 28.7. The fourth-order valence-corrected chi connectivity index (χ4v) is 3.14. The van der Waals surface area contributed by atoms with Crippen molar-refractivity contribution in [2.75, 3.05) is 26.3 Å². The molecule has 2 aliphatic heterocycles. The molecule has 6 heteroatoms. The highest BCUT2D eigenvalue weighted by Gasteiger charge is 2.45. The molecule has 22 heavy (non-hydrogen) atoms. The van der Waals surface area contributed by atoms with Gasteiger partial charge in [-0.2, -0.15) is 0 Å². The largest absolute Gasteiger partial charge is 0.466 e. The Morgan fingerprint density at radius 1 is 1.27 bits per heavy atom. The third-order valence-corrected chi connectivity index (χ3v) is 4.00. The van der Waals surface area contributed by atoms with E-state index in [-0.39, 0.29) is 24.1 Å². The Hall–Kier alpha value is -1.30. The summed E-state index contributed by atoms with van der Waals surface area (Å²) in [6.45, 7) is 9.18. The lowest BCUT2D eigenvalue weighted by molar-refractivity contribution is -0.165. The second-order valence-corrected chi connectivity index (χ2v) is 6.98. The van der Waals surface area contributed by atoms with Crippen molar-refractivity contribution < 1.29 is 23.8 Å². The van der Waals surface area contributed by atoms with Gasteiger partial charge in [-0.1, -0.05) is 0 Å². The summed E-state index contributed by atoms with van der Waals surface area (Å²) in [6.07, 6.45) is 1.40. The van der Waals surface area contributed by atoms with E-state index in [0.717, 1.165) is 12.8 Å². The van der Waals surface area contributed by atoms with Crippen molar-refractivity contribution in [3.63, 3.8) is 0 Å². The summed E-state index contributed by atoms with van der Waals surface area (Å²) < 4.78 is 16.4. The lowest BCUT2D eigenvalue weighted by atomic mass is 9.82. The van der Waals surface area contributed by atoms with Gasteiger partial charge >= 0.3 is 12.1 Å². The molecule has 0 aromatic carbocycles. The molecular weight excluding hydrogens is 286 g/mol. The Morgan fingerprint density at radius 3 is 2.64 bits per heavy atom. The maximum absolute atomic E-state index is 12.3. The average molecular weight is 313 g/mol. The summed E-state index contributed by atoms with van der Waals surface area (Å²) in [5.41, 5.74) is -0.545. The molecule has 0 aliphatic carbocycles. The van der Waals surface area contributed by atoms with E-state index >= 15 is 0 Å². The van der Waals surface area contributed by atoms with E-state index in [2.05, 4.69) is 0 Å². The van der Waals surface area contributed by atoms with Crippen LogP contribution in [-0.4, -0.2) is 55.0 Å². The predicted molar refractivity (Wildman–Crippen MR) is 80.4 cm³/mol. The molecule has 3 unspecified atom stereocenters. The lowest BCUT2D eigenvalue weighted by Gasteiger charge is -2.44. The number of amides is 1. The second kappa shape index (κ2) is 6.86. The van der Waals surface area contributed by atoms with Crippen molar-refractivity contribution in [2.45, 2.75) is 52.2 Å². The zero-order valence-corrected chi connectivity index (χ0v) is 14.0. The number of piperidine rings is 1. The van der Waals surface area contributed by atoms with Gasteiger partial charge in [0, 0.05) is 25.6 Å². The standard InChI is InChI=1S/C16H27NO5/c1-5-20-14(18)12-10-17(15(19)22-16(2,3)4)9-11-7-6-8-21-13(11)12/h11-13H,5-10H2,1-4H3. The summed E-state index contributed by atoms with van der Waals surface area (Å²) in [5, 5.41) is 0. The predicted octanol–water partition coefficient (Wildman–Crippen LogP) is 2.21. The molecule has 0 spiro atoms. The van der Waals surface area contributed by atoms with Gasteiger partial charge in [-0.25, -0.2) is 4.79 Å². The molecule has 2 aliphatic rings. The molecule has 1 amide bonds. The lowest BCUT2D eigenvalue weighted by Crippen LogP contribution is -2.56. The van der Waals surface area contributed by atoms with Crippen LogP contribution >= 0.6 is 0 Å². The fraction of sp³-hybridized carbons (Fsp3) is 0.875. The molecule has 2 fully saturated rings. The number of fused-ring (bicyclic) bond motifs is 1. The van der Waals surface area contributed by atoms with Crippen molar-refractivity contribution in [1.82, 2.24) is 4.90 Å². The summed E-state index contributed by atoms with van der Waals surface area (Å²) >= 11 is 0. The quantitative estimate of drug-likeness (QED) is 0.731. The Balaban J connectivity index is 2.10. The Kier molecular flexibility index (Phi) is 5.32. The molecule has 0 radical (unpaired) electrons. The van der Waals surface area contributed by atoms with Crippen LogP contribution < -0.4 is 0 Å². The van der Waals surface area contributed by atoms with E-state index in [1.807, 2.05) is 20.8 Å². The first-order valence-corrected chi connectivity index (χ1v) is 8.08. The highest BCUT2D eigenvalue weighted by molar-refractivity contribution is 5.75. The second-order valence-electron chi connectivity index (χ2n) is 6.98. The summed E-state index contributed by atoms with van der Waals surface area (Å²) in [4.78, 5) is 26.2. The van der Waals surface area contributed by atoms with Gasteiger partial charge < -0.3 is 19.1 Å². The van der Waals surface area contributed by atoms with Crippen LogP contribution in [0.25, 0.3) is 0 Å². The zero-order valence-electron chi connectivity index (χ0n) is 14.0. The molecular formula is C16H27NO5. The number of ether oxygens (including phenoxy) is 3. The van der Waals surface area contributed by atoms with Gasteiger partial charge in [-0.15, -0.1) is 0 Å². The van der Waals surface area contributed by atoms with Gasteiger partial charge in [0.1, 0.15) is 11.5 Å². The maximum Gasteiger partial charge on any atom is 0.410 e. The van der Waals surface area contributed by atoms with Gasteiger partial charge in [-0.05, 0) is 40.5 Å². The zero-order chi connectivity index (χ0) is 16.3. The maximum atomic E-state index is 12.3. The molecule has 2 heterocycles. The molecule has 0 N–H and O–H groups in total. The van der Waals surface area contributed by atoms with Crippen molar-refractivity contribution in [3.8, 4) is 0 Å². The third-order valence-electron chi connectivity index (χ3n) is 4.00.